The number of benzene rings is 2. The zero-order valence-electron chi connectivity index (χ0n) is 26.9. The number of nitrogens with zero attached hydrogens (tertiary/aromatic N) is 5. The van der Waals surface area contributed by atoms with Crippen LogP contribution in [0.5, 0.6) is 11.8 Å². The third-order valence-electron chi connectivity index (χ3n) is 10.4. The quantitative estimate of drug-likeness (QED) is 0.221. The maximum atomic E-state index is 17.3. The van der Waals surface area contributed by atoms with Crippen LogP contribution in [0.2, 0.25) is 5.02 Å². The number of halogens is 5. The van der Waals surface area contributed by atoms with Gasteiger partial charge in [-0.15, -0.1) is 11.3 Å². The van der Waals surface area contributed by atoms with E-state index >= 15 is 8.78 Å². The molecule has 6 heterocycles. The second kappa shape index (κ2) is 12.3. The lowest BCUT2D eigenvalue weighted by atomic mass is 9.92. The number of nitrogens with two attached hydrogens (primary N) is 1. The number of anilines is 2. The Bertz CT molecular complexity index is 2110. The number of nitrogens with one attached hydrogen (secondary N) is 1. The molecule has 0 spiro atoms. The number of thiophene rings is 1. The standard InChI is InChI=1S/C34H32ClF4N7O3S/c1-15-10-34(6-2-7-45(34)12-15)14-49-33-43-27-24-28(48-8-5-20-32(47)42-16(9-21(37)38)13-46(20)31(24)44-33)25(35)23(26(27)39)17-3-4-19(36)29-22(17)18(11-40)30(41)50-29/h3-4,15-16,20-21H,2,5-10,12-14,41H2,1H3,(H,42,47)/t15-,16?,20?,34+/m1/s1. The number of nitrogen functional groups attached to an aromatic ring is 1. The van der Waals surface area contributed by atoms with Crippen molar-refractivity contribution in [3.05, 3.63) is 34.4 Å². The van der Waals surface area contributed by atoms with Crippen molar-refractivity contribution in [2.75, 3.05) is 43.5 Å². The Morgan fingerprint density at radius 2 is 2.10 bits per heavy atom. The number of hydrogen-bond acceptors (Lipinski definition) is 10. The minimum absolute atomic E-state index is 0.00109. The van der Waals surface area contributed by atoms with Gasteiger partial charge in [-0.05, 0) is 43.4 Å². The molecule has 8 rings (SSSR count). The third-order valence-corrected chi connectivity index (χ3v) is 11.8. The molecule has 2 aromatic carbocycles. The normalized spacial score (nSPS) is 24.9. The van der Waals surface area contributed by atoms with Crippen LogP contribution in [0.4, 0.5) is 28.4 Å². The topological polar surface area (TPSA) is 130 Å². The van der Waals surface area contributed by atoms with E-state index in [0.29, 0.717) is 5.92 Å². The zero-order valence-corrected chi connectivity index (χ0v) is 28.4. The monoisotopic (exact) mass is 729 g/mol. The van der Waals surface area contributed by atoms with E-state index in [2.05, 4.69) is 22.1 Å². The molecule has 2 aromatic heterocycles. The van der Waals surface area contributed by atoms with Gasteiger partial charge in [0.2, 0.25) is 12.3 Å². The van der Waals surface area contributed by atoms with E-state index in [9.17, 15) is 18.8 Å². The van der Waals surface area contributed by atoms with Crippen molar-refractivity contribution in [2.45, 2.75) is 63.1 Å². The second-order valence-electron chi connectivity index (χ2n) is 13.6. The molecule has 10 nitrogen and oxygen atoms in total. The average Bonchev–Trinajstić information content (AvgIpc) is 3.71. The van der Waals surface area contributed by atoms with Crippen LogP contribution < -0.4 is 25.4 Å². The Hall–Kier alpha value is -4.13. The van der Waals surface area contributed by atoms with Crippen molar-refractivity contribution in [3.8, 4) is 29.0 Å². The highest BCUT2D eigenvalue weighted by molar-refractivity contribution is 7.23. The van der Waals surface area contributed by atoms with Crippen LogP contribution in [0.1, 0.15) is 44.6 Å². The first-order chi connectivity index (χ1) is 24.0. The Labute approximate surface area is 293 Å². The molecule has 4 aliphatic rings. The van der Waals surface area contributed by atoms with Gasteiger partial charge < -0.3 is 25.4 Å². The number of piperazine rings is 1. The smallest absolute Gasteiger partial charge is 0.319 e. The molecule has 3 saturated heterocycles. The molecule has 16 heteroatoms. The summed E-state index contributed by atoms with van der Waals surface area (Å²) in [5.41, 5.74) is 5.48. The van der Waals surface area contributed by atoms with Gasteiger partial charge >= 0.3 is 6.01 Å². The van der Waals surface area contributed by atoms with Crippen LogP contribution in [0.25, 0.3) is 32.1 Å². The molecular weight excluding hydrogens is 698 g/mol. The fraction of sp³-hybridized carbons (Fsp3) is 0.471. The Morgan fingerprint density at radius 3 is 2.88 bits per heavy atom. The fourth-order valence-corrected chi connectivity index (χ4v) is 9.68. The summed E-state index contributed by atoms with van der Waals surface area (Å²) in [5.74, 6) is -1.53. The third kappa shape index (κ3) is 5.17. The summed E-state index contributed by atoms with van der Waals surface area (Å²) in [7, 11) is 0. The maximum Gasteiger partial charge on any atom is 0.319 e. The number of aromatic nitrogens is 2. The van der Waals surface area contributed by atoms with Crippen molar-refractivity contribution in [3.63, 3.8) is 0 Å². The number of carbonyl (C=O) groups excluding carboxylic acids is 1. The van der Waals surface area contributed by atoms with Crippen LogP contribution in [-0.2, 0) is 4.79 Å². The number of alkyl halides is 2. The molecule has 0 bridgehead atoms. The van der Waals surface area contributed by atoms with Gasteiger partial charge in [0.05, 0.1) is 38.9 Å². The van der Waals surface area contributed by atoms with Gasteiger partial charge in [0.25, 0.3) is 0 Å². The molecule has 4 atom stereocenters. The number of hydrogen-bond donors (Lipinski definition) is 2. The van der Waals surface area contributed by atoms with Crippen molar-refractivity contribution in [1.29, 1.82) is 5.26 Å². The number of fused-ring (bicyclic) bond motifs is 4. The molecule has 3 N–H and O–H groups in total. The van der Waals surface area contributed by atoms with Crippen LogP contribution in [0.3, 0.4) is 0 Å². The lowest BCUT2D eigenvalue weighted by molar-refractivity contribution is -0.125. The predicted molar refractivity (Wildman–Crippen MR) is 181 cm³/mol. The number of rotatable bonds is 6. The molecule has 4 aliphatic heterocycles. The van der Waals surface area contributed by atoms with Crippen molar-refractivity contribution >= 4 is 60.7 Å². The molecule has 0 saturated carbocycles. The molecule has 1 amide bonds. The summed E-state index contributed by atoms with van der Waals surface area (Å²) >= 11 is 7.87. The van der Waals surface area contributed by atoms with Crippen LogP contribution in [0.15, 0.2) is 12.1 Å². The van der Waals surface area contributed by atoms with E-state index in [-0.39, 0.29) is 97.0 Å². The van der Waals surface area contributed by atoms with Crippen molar-refractivity contribution in [1.82, 2.24) is 20.2 Å². The van der Waals surface area contributed by atoms with E-state index in [1.165, 1.54) is 6.07 Å². The average molecular weight is 730 g/mol. The number of amides is 1. The minimum atomic E-state index is -2.68. The molecular formula is C34H32ClF4N7O3S. The minimum Gasteiger partial charge on any atom is -0.491 e. The Balaban J connectivity index is 1.36. The first-order valence-electron chi connectivity index (χ1n) is 16.5. The largest absolute Gasteiger partial charge is 0.491 e. The van der Waals surface area contributed by atoms with Gasteiger partial charge in [-0.3, -0.25) is 9.69 Å². The first kappa shape index (κ1) is 33.0. The summed E-state index contributed by atoms with van der Waals surface area (Å²) in [4.78, 5) is 26.6. The van der Waals surface area contributed by atoms with Gasteiger partial charge in [0, 0.05) is 36.9 Å². The van der Waals surface area contributed by atoms with Gasteiger partial charge in [-0.2, -0.15) is 15.2 Å². The van der Waals surface area contributed by atoms with E-state index in [1.54, 1.807) is 4.90 Å². The van der Waals surface area contributed by atoms with E-state index in [1.807, 2.05) is 6.07 Å². The summed E-state index contributed by atoms with van der Waals surface area (Å²) < 4.78 is 72.0. The highest BCUT2D eigenvalue weighted by Crippen LogP contribution is 2.51. The van der Waals surface area contributed by atoms with Gasteiger partial charge in [0.1, 0.15) is 40.9 Å². The predicted octanol–water partition coefficient (Wildman–Crippen LogP) is 6.26. The van der Waals surface area contributed by atoms with Gasteiger partial charge in [-0.25, -0.2) is 17.6 Å². The van der Waals surface area contributed by atoms with Crippen molar-refractivity contribution in [2.24, 2.45) is 5.92 Å². The van der Waals surface area contributed by atoms with Crippen LogP contribution in [0, 0.1) is 28.9 Å². The van der Waals surface area contributed by atoms with Crippen LogP contribution >= 0.6 is 22.9 Å². The van der Waals surface area contributed by atoms with Gasteiger partial charge in [0.15, 0.2) is 11.6 Å². The highest BCUT2D eigenvalue weighted by atomic mass is 35.5. The highest BCUT2D eigenvalue weighted by Gasteiger charge is 2.48. The Kier molecular flexibility index (Phi) is 8.11. The maximum absolute atomic E-state index is 17.3. The van der Waals surface area contributed by atoms with Gasteiger partial charge in [-0.1, -0.05) is 24.6 Å². The fourth-order valence-electron chi connectivity index (χ4n) is 8.40. The molecule has 50 heavy (non-hydrogen) atoms. The molecule has 262 valence electrons. The summed E-state index contributed by atoms with van der Waals surface area (Å²) in [6.45, 7) is 4.22. The molecule has 3 fully saturated rings. The van der Waals surface area contributed by atoms with Crippen molar-refractivity contribution < 1.29 is 31.8 Å². The lowest BCUT2D eigenvalue weighted by Gasteiger charge is -2.41. The number of carbonyl (C=O) groups is 1. The molecule has 4 aromatic rings. The molecule has 2 unspecified atom stereocenters. The SMILES string of the molecule is C[C@H]1CN2CCC[C@@]2(COc2nc3c4c(c(Cl)c(-c5ccc(F)c6sc(N)c(C#N)c56)c(F)c4n2)OCCC2C(=O)NC(CC(F)F)CN32)C1. The molecule has 0 aliphatic carbocycles. The summed E-state index contributed by atoms with van der Waals surface area (Å²) in [6.07, 6.45) is -0.300. The van der Waals surface area contributed by atoms with Crippen LogP contribution in [-0.4, -0.2) is 77.7 Å². The summed E-state index contributed by atoms with van der Waals surface area (Å²) in [6, 6.07) is 2.53. The molecule has 0 radical (unpaired) electrons. The second-order valence-corrected chi connectivity index (χ2v) is 15.1. The number of ether oxygens (including phenoxy) is 2. The Morgan fingerprint density at radius 1 is 1.28 bits per heavy atom. The first-order valence-corrected chi connectivity index (χ1v) is 17.7. The van der Waals surface area contributed by atoms with E-state index in [4.69, 9.17) is 31.8 Å². The lowest BCUT2D eigenvalue weighted by Crippen LogP contribution is -2.61. The van der Waals surface area contributed by atoms with E-state index in [0.717, 1.165) is 49.8 Å². The van der Waals surface area contributed by atoms with E-state index < -0.39 is 42.5 Å². The number of nitriles is 1. The summed E-state index contributed by atoms with van der Waals surface area (Å²) in [5, 5.41) is 12.6. The zero-order chi connectivity index (χ0) is 35.1.